The predicted molar refractivity (Wildman–Crippen MR) is 52.0 cm³/mol. The molecule has 15 heavy (non-hydrogen) atoms. The van der Waals surface area contributed by atoms with Crippen molar-refractivity contribution >= 4 is 17.7 Å². The number of hydrogen-bond acceptors (Lipinski definition) is 5. The molecule has 0 aromatic rings. The van der Waals surface area contributed by atoms with Gasteiger partial charge in [0.05, 0.1) is 14.2 Å². The third-order valence-electron chi connectivity index (χ3n) is 1.73. The van der Waals surface area contributed by atoms with Crippen LogP contribution in [0, 0.1) is 5.92 Å². The molecule has 0 saturated heterocycles. The molecule has 0 aliphatic rings. The Morgan fingerprint density at radius 2 is 1.60 bits per heavy atom. The summed E-state index contributed by atoms with van der Waals surface area (Å²) in [5.41, 5.74) is 0. The first-order valence-electron chi connectivity index (χ1n) is 4.38. The van der Waals surface area contributed by atoms with Gasteiger partial charge in [-0.25, -0.2) is 0 Å². The number of hydrogen-bond donors (Lipinski definition) is 0. The highest BCUT2D eigenvalue weighted by Gasteiger charge is 2.30. The van der Waals surface area contributed by atoms with Gasteiger partial charge in [0.1, 0.15) is 0 Å². The van der Waals surface area contributed by atoms with Crippen LogP contribution in [-0.4, -0.2) is 31.9 Å². The standard InChI is InChI=1S/C10H14O5/c1-4-5-7(11)6-8(9(12)14-2)10(13)15-3/h4-5,8H,6H2,1-3H3/b5-4+. The number of methoxy groups -OCH3 is 2. The summed E-state index contributed by atoms with van der Waals surface area (Å²) in [6.45, 7) is 1.67. The van der Waals surface area contributed by atoms with E-state index in [4.69, 9.17) is 0 Å². The molecule has 0 spiro atoms. The van der Waals surface area contributed by atoms with Crippen LogP contribution in [0.5, 0.6) is 0 Å². The lowest BCUT2D eigenvalue weighted by Gasteiger charge is -2.09. The predicted octanol–water partition coefficient (Wildman–Crippen LogP) is 0.484. The first-order valence-corrected chi connectivity index (χ1v) is 4.38. The van der Waals surface area contributed by atoms with Crippen LogP contribution in [0.2, 0.25) is 0 Å². The van der Waals surface area contributed by atoms with E-state index in [1.165, 1.54) is 12.2 Å². The summed E-state index contributed by atoms with van der Waals surface area (Å²) in [6.07, 6.45) is 2.59. The van der Waals surface area contributed by atoms with Gasteiger partial charge in [0.25, 0.3) is 0 Å². The van der Waals surface area contributed by atoms with Crippen LogP contribution in [0.1, 0.15) is 13.3 Å². The van der Waals surface area contributed by atoms with Crippen molar-refractivity contribution in [2.24, 2.45) is 5.92 Å². The highest BCUT2D eigenvalue weighted by molar-refractivity contribution is 6.01. The maximum absolute atomic E-state index is 11.2. The quantitative estimate of drug-likeness (QED) is 0.378. The molecule has 0 aromatic heterocycles. The average molecular weight is 214 g/mol. The minimum Gasteiger partial charge on any atom is -0.468 e. The molecule has 5 nitrogen and oxygen atoms in total. The highest BCUT2D eigenvalue weighted by atomic mass is 16.5. The van der Waals surface area contributed by atoms with Gasteiger partial charge in [-0.1, -0.05) is 6.08 Å². The van der Waals surface area contributed by atoms with Gasteiger partial charge in [-0.05, 0) is 13.0 Å². The number of ether oxygens (including phenoxy) is 2. The van der Waals surface area contributed by atoms with Crippen molar-refractivity contribution in [3.05, 3.63) is 12.2 Å². The van der Waals surface area contributed by atoms with E-state index in [0.29, 0.717) is 0 Å². The van der Waals surface area contributed by atoms with Gasteiger partial charge >= 0.3 is 11.9 Å². The molecule has 0 aromatic carbocycles. The van der Waals surface area contributed by atoms with Crippen molar-refractivity contribution in [1.29, 1.82) is 0 Å². The summed E-state index contributed by atoms with van der Waals surface area (Å²) in [5.74, 6) is -3.03. The molecule has 0 atom stereocenters. The zero-order chi connectivity index (χ0) is 11.8. The Morgan fingerprint density at radius 1 is 1.13 bits per heavy atom. The van der Waals surface area contributed by atoms with Crippen molar-refractivity contribution in [2.75, 3.05) is 14.2 Å². The van der Waals surface area contributed by atoms with Gasteiger partial charge in [0.2, 0.25) is 0 Å². The molecule has 0 fully saturated rings. The zero-order valence-corrected chi connectivity index (χ0v) is 8.98. The largest absolute Gasteiger partial charge is 0.468 e. The van der Waals surface area contributed by atoms with E-state index >= 15 is 0 Å². The second-order valence-electron chi connectivity index (χ2n) is 2.77. The molecule has 0 bridgehead atoms. The second kappa shape index (κ2) is 6.75. The lowest BCUT2D eigenvalue weighted by Crippen LogP contribution is -2.28. The smallest absolute Gasteiger partial charge is 0.320 e. The van der Waals surface area contributed by atoms with Crippen LogP contribution in [0.3, 0.4) is 0 Å². The van der Waals surface area contributed by atoms with Crippen LogP contribution < -0.4 is 0 Å². The van der Waals surface area contributed by atoms with Crippen molar-refractivity contribution in [1.82, 2.24) is 0 Å². The third kappa shape index (κ3) is 4.39. The minimum absolute atomic E-state index is 0.232. The Labute approximate surface area is 88.0 Å². The van der Waals surface area contributed by atoms with Crippen molar-refractivity contribution in [3.63, 3.8) is 0 Å². The van der Waals surface area contributed by atoms with E-state index in [1.54, 1.807) is 6.92 Å². The molecule has 0 aliphatic heterocycles. The highest BCUT2D eigenvalue weighted by Crippen LogP contribution is 2.09. The molecule has 0 aliphatic carbocycles. The molecule has 0 amide bonds. The SMILES string of the molecule is C/C=C/C(=O)CC(C(=O)OC)C(=O)OC. The monoisotopic (exact) mass is 214 g/mol. The van der Waals surface area contributed by atoms with E-state index in [-0.39, 0.29) is 12.2 Å². The van der Waals surface area contributed by atoms with E-state index in [0.717, 1.165) is 14.2 Å². The number of rotatable bonds is 5. The van der Waals surface area contributed by atoms with Gasteiger partial charge in [-0.2, -0.15) is 0 Å². The summed E-state index contributed by atoms with van der Waals surface area (Å²) in [6, 6.07) is 0. The molecule has 0 unspecified atom stereocenters. The molecule has 0 heterocycles. The Kier molecular flexibility index (Phi) is 6.01. The Hall–Kier alpha value is -1.65. The fourth-order valence-electron chi connectivity index (χ4n) is 1.00. The van der Waals surface area contributed by atoms with Crippen molar-refractivity contribution in [2.45, 2.75) is 13.3 Å². The summed E-state index contributed by atoms with van der Waals surface area (Å²) in [5, 5.41) is 0. The fourth-order valence-corrected chi connectivity index (χ4v) is 1.00. The van der Waals surface area contributed by atoms with Crippen LogP contribution in [-0.2, 0) is 23.9 Å². The van der Waals surface area contributed by atoms with Gasteiger partial charge < -0.3 is 9.47 Å². The maximum Gasteiger partial charge on any atom is 0.320 e. The van der Waals surface area contributed by atoms with Crippen LogP contribution in [0.25, 0.3) is 0 Å². The van der Waals surface area contributed by atoms with Gasteiger partial charge in [-0.15, -0.1) is 0 Å². The molecule has 0 rings (SSSR count). The van der Waals surface area contributed by atoms with E-state index in [1.807, 2.05) is 0 Å². The molecule has 0 radical (unpaired) electrons. The summed E-state index contributed by atoms with van der Waals surface area (Å²) < 4.78 is 8.80. The topological polar surface area (TPSA) is 69.7 Å². The first-order chi connectivity index (χ1) is 7.06. The van der Waals surface area contributed by atoms with E-state index < -0.39 is 17.9 Å². The molecule has 0 N–H and O–H groups in total. The van der Waals surface area contributed by atoms with Crippen LogP contribution in [0.4, 0.5) is 0 Å². The molecule has 0 saturated carbocycles. The van der Waals surface area contributed by atoms with Gasteiger partial charge in [-0.3, -0.25) is 14.4 Å². The van der Waals surface area contributed by atoms with Crippen LogP contribution >= 0.6 is 0 Å². The van der Waals surface area contributed by atoms with E-state index in [9.17, 15) is 14.4 Å². The number of ketones is 1. The van der Waals surface area contributed by atoms with Crippen molar-refractivity contribution in [3.8, 4) is 0 Å². The zero-order valence-electron chi connectivity index (χ0n) is 8.98. The molecular formula is C10H14O5. The Balaban J connectivity index is 4.58. The lowest BCUT2D eigenvalue weighted by molar-refractivity contribution is -0.160. The summed E-state index contributed by atoms with van der Waals surface area (Å²) in [4.78, 5) is 33.5. The van der Waals surface area contributed by atoms with Gasteiger partial charge in [0, 0.05) is 6.42 Å². The van der Waals surface area contributed by atoms with E-state index in [2.05, 4.69) is 9.47 Å². The minimum atomic E-state index is -1.18. The summed E-state index contributed by atoms with van der Waals surface area (Å²) >= 11 is 0. The molecule has 5 heteroatoms. The molecular weight excluding hydrogens is 200 g/mol. The summed E-state index contributed by atoms with van der Waals surface area (Å²) in [7, 11) is 2.30. The normalized spacial score (nSPS) is 10.4. The fraction of sp³-hybridized carbons (Fsp3) is 0.500. The number of allylic oxidation sites excluding steroid dienone is 2. The first kappa shape index (κ1) is 13.4. The number of esters is 2. The maximum atomic E-state index is 11.2. The number of carbonyl (C=O) groups is 3. The Morgan fingerprint density at radius 3 is 1.93 bits per heavy atom. The second-order valence-corrected chi connectivity index (χ2v) is 2.77. The lowest BCUT2D eigenvalue weighted by atomic mass is 10.0. The molecule has 84 valence electrons. The average Bonchev–Trinajstić information content (AvgIpc) is 2.24. The van der Waals surface area contributed by atoms with Gasteiger partial charge in [0.15, 0.2) is 11.7 Å². The third-order valence-corrected chi connectivity index (χ3v) is 1.73. The number of carbonyl (C=O) groups excluding carboxylic acids is 3. The van der Waals surface area contributed by atoms with Crippen molar-refractivity contribution < 1.29 is 23.9 Å². The Bertz CT molecular complexity index is 264. The van der Waals surface area contributed by atoms with Crippen LogP contribution in [0.15, 0.2) is 12.2 Å².